The van der Waals surface area contributed by atoms with Gasteiger partial charge in [0.2, 0.25) is 0 Å². The Balaban J connectivity index is 1.10. The van der Waals surface area contributed by atoms with Gasteiger partial charge in [0, 0.05) is 49.9 Å². The second-order valence-corrected chi connectivity index (χ2v) is 15.0. The Bertz CT molecular complexity index is 3160. The minimum Gasteiger partial charge on any atom is -0.456 e. The van der Waals surface area contributed by atoms with E-state index in [-0.39, 0.29) is 0 Å². The van der Waals surface area contributed by atoms with E-state index >= 15 is 0 Å². The number of aryl methyl sites for hydroxylation is 1. The number of rotatable bonds is 5. The van der Waals surface area contributed by atoms with Crippen LogP contribution in [0.2, 0.25) is 0 Å². The van der Waals surface area contributed by atoms with Crippen LogP contribution < -0.4 is 4.90 Å². The molecule has 0 amide bonds. The van der Waals surface area contributed by atoms with E-state index < -0.39 is 0 Å². The lowest BCUT2D eigenvalue weighted by atomic mass is 9.99. The number of fused-ring (bicyclic) bond motifs is 8. The van der Waals surface area contributed by atoms with Gasteiger partial charge < -0.3 is 13.9 Å². The maximum atomic E-state index is 6.63. The van der Waals surface area contributed by atoms with Crippen molar-refractivity contribution in [3.05, 3.63) is 199 Å². The summed E-state index contributed by atoms with van der Waals surface area (Å²) in [6.45, 7) is 2.20. The van der Waals surface area contributed by atoms with E-state index in [4.69, 9.17) is 4.42 Å². The highest BCUT2D eigenvalue weighted by Gasteiger charge is 2.22. The lowest BCUT2D eigenvalue weighted by Gasteiger charge is -2.28. The van der Waals surface area contributed by atoms with Crippen molar-refractivity contribution in [2.75, 3.05) is 4.90 Å². The summed E-state index contributed by atoms with van der Waals surface area (Å²) in [6, 6.07) is 61.9. The molecular formula is C53H38N2O. The first-order valence-electron chi connectivity index (χ1n) is 19.5. The zero-order valence-electron chi connectivity index (χ0n) is 31.1. The molecule has 8 aromatic carbocycles. The molecule has 0 fully saturated rings. The molecular weight excluding hydrogens is 681 g/mol. The van der Waals surface area contributed by atoms with Gasteiger partial charge in [0.05, 0.1) is 22.4 Å². The normalized spacial score (nSPS) is 14.5. The van der Waals surface area contributed by atoms with Crippen LogP contribution in [-0.4, -0.2) is 4.57 Å². The molecule has 0 N–H and O–H groups in total. The fraction of sp³-hybridized carbons (Fsp3) is 0.0566. The summed E-state index contributed by atoms with van der Waals surface area (Å²) < 4.78 is 9.05. The lowest BCUT2D eigenvalue weighted by molar-refractivity contribution is 0.597. The average molecular weight is 719 g/mol. The molecule has 0 saturated heterocycles. The highest BCUT2D eigenvalue weighted by atomic mass is 16.3. The first-order chi connectivity index (χ1) is 27.7. The molecule has 56 heavy (non-hydrogen) atoms. The zero-order chi connectivity index (χ0) is 37.2. The van der Waals surface area contributed by atoms with Gasteiger partial charge >= 0.3 is 0 Å². The molecule has 1 aliphatic rings. The van der Waals surface area contributed by atoms with E-state index in [2.05, 4.69) is 204 Å². The number of anilines is 3. The van der Waals surface area contributed by atoms with E-state index in [1.54, 1.807) is 0 Å². The maximum absolute atomic E-state index is 6.63. The number of nitrogens with zero attached hydrogens (tertiary/aromatic N) is 2. The third kappa shape index (κ3) is 5.27. The topological polar surface area (TPSA) is 21.3 Å². The highest BCUT2D eigenvalue weighted by molar-refractivity contribution is 6.12. The van der Waals surface area contributed by atoms with Gasteiger partial charge in [0.1, 0.15) is 11.3 Å². The quantitative estimate of drug-likeness (QED) is 0.177. The Morgan fingerprint density at radius 1 is 0.518 bits per heavy atom. The summed E-state index contributed by atoms with van der Waals surface area (Å²) in [5, 5.41) is 8.54. The standard InChI is InChI=1S/C53H38N2O/c1-35-11-10-20-52-46(29-21-35)47-30-28-41(34-53(47)56-52)54(40-26-24-37(25-27-40)39-23-22-36-12-2-3-13-38(36)33-39)50-31-32-51(45-15-5-4-14-44(45)50)55-48-18-8-6-16-42(48)43-17-7-9-19-49(43)55/h2-20,22-28,30-34H,21,29H2,1H3/b20-10-,35-11-. The monoisotopic (exact) mass is 718 g/mol. The molecule has 0 spiro atoms. The van der Waals surface area contributed by atoms with Gasteiger partial charge in [-0.3, -0.25) is 0 Å². The van der Waals surface area contributed by atoms with E-state index in [0.29, 0.717) is 0 Å². The van der Waals surface area contributed by atoms with Crippen LogP contribution in [0.3, 0.4) is 0 Å². The molecule has 3 heteroatoms. The van der Waals surface area contributed by atoms with Crippen LogP contribution in [0.15, 0.2) is 192 Å². The average Bonchev–Trinajstić information content (AvgIpc) is 3.76. The van der Waals surface area contributed by atoms with Crippen molar-refractivity contribution >= 4 is 77.5 Å². The molecule has 2 heterocycles. The van der Waals surface area contributed by atoms with Crippen LogP contribution in [-0.2, 0) is 6.42 Å². The molecule has 11 rings (SSSR count). The SMILES string of the molecule is C/C1=C/C=C\c2oc3cc(N(c4ccc(-c5ccc6ccccc6c5)cc4)c4ccc(-n5c6ccccc6c6ccccc65)c5ccccc45)ccc3c2CC1. The van der Waals surface area contributed by atoms with Gasteiger partial charge in [-0.05, 0) is 102 Å². The number of hydrogen-bond acceptors (Lipinski definition) is 2. The van der Waals surface area contributed by atoms with E-state index in [1.807, 2.05) is 0 Å². The molecule has 2 aromatic heterocycles. The number of benzene rings is 8. The molecule has 0 unspecified atom stereocenters. The summed E-state index contributed by atoms with van der Waals surface area (Å²) in [6.07, 6.45) is 8.41. The number of furan rings is 1. The molecule has 0 atom stereocenters. The first kappa shape index (κ1) is 32.3. The van der Waals surface area contributed by atoms with Crippen LogP contribution in [0.4, 0.5) is 17.1 Å². The van der Waals surface area contributed by atoms with Crippen LogP contribution in [0.25, 0.3) is 77.2 Å². The Kier molecular flexibility index (Phi) is 7.53. The number of allylic oxidation sites excluding steroid dienone is 3. The van der Waals surface area contributed by atoms with Gasteiger partial charge in [0.25, 0.3) is 0 Å². The number of para-hydroxylation sites is 2. The molecule has 0 saturated carbocycles. The van der Waals surface area contributed by atoms with Crippen LogP contribution in [0.1, 0.15) is 24.7 Å². The van der Waals surface area contributed by atoms with E-state index in [1.165, 1.54) is 71.0 Å². The summed E-state index contributed by atoms with van der Waals surface area (Å²) in [5.41, 5.74) is 12.7. The zero-order valence-corrected chi connectivity index (χ0v) is 31.1. The highest BCUT2D eigenvalue weighted by Crippen LogP contribution is 2.44. The van der Waals surface area contributed by atoms with Crippen LogP contribution in [0.5, 0.6) is 0 Å². The summed E-state index contributed by atoms with van der Waals surface area (Å²) in [5.74, 6) is 0.952. The van der Waals surface area contributed by atoms with Crippen molar-refractivity contribution in [1.29, 1.82) is 0 Å². The smallest absolute Gasteiger partial charge is 0.137 e. The minimum atomic E-state index is 0.903. The second kappa shape index (κ2) is 13.0. The summed E-state index contributed by atoms with van der Waals surface area (Å²) in [7, 11) is 0. The van der Waals surface area contributed by atoms with Crippen molar-refractivity contribution in [2.45, 2.75) is 19.8 Å². The van der Waals surface area contributed by atoms with Crippen LogP contribution >= 0.6 is 0 Å². The predicted octanol–water partition coefficient (Wildman–Crippen LogP) is 14.9. The Hall–Kier alpha value is -7.10. The largest absolute Gasteiger partial charge is 0.456 e. The van der Waals surface area contributed by atoms with Gasteiger partial charge in [-0.15, -0.1) is 0 Å². The lowest BCUT2D eigenvalue weighted by Crippen LogP contribution is -2.11. The molecule has 0 bridgehead atoms. The van der Waals surface area contributed by atoms with Crippen molar-refractivity contribution in [3.63, 3.8) is 0 Å². The van der Waals surface area contributed by atoms with Crippen molar-refractivity contribution in [1.82, 2.24) is 4.57 Å². The first-order valence-corrected chi connectivity index (χ1v) is 19.5. The second-order valence-electron chi connectivity index (χ2n) is 15.0. The number of hydrogen-bond donors (Lipinski definition) is 0. The fourth-order valence-corrected chi connectivity index (χ4v) is 8.83. The summed E-state index contributed by atoms with van der Waals surface area (Å²) >= 11 is 0. The van der Waals surface area contributed by atoms with Gasteiger partial charge in [-0.2, -0.15) is 0 Å². The molecule has 0 radical (unpaired) electrons. The third-order valence-corrected chi connectivity index (χ3v) is 11.6. The predicted molar refractivity (Wildman–Crippen MR) is 237 cm³/mol. The summed E-state index contributed by atoms with van der Waals surface area (Å²) in [4.78, 5) is 2.39. The van der Waals surface area contributed by atoms with Crippen LogP contribution in [0, 0.1) is 0 Å². The Morgan fingerprint density at radius 3 is 1.96 bits per heavy atom. The molecule has 266 valence electrons. The number of aromatic nitrogens is 1. The molecule has 10 aromatic rings. The van der Waals surface area contributed by atoms with Crippen molar-refractivity contribution in [2.24, 2.45) is 0 Å². The van der Waals surface area contributed by atoms with E-state index in [9.17, 15) is 0 Å². The van der Waals surface area contributed by atoms with Gasteiger partial charge in [0.15, 0.2) is 0 Å². The van der Waals surface area contributed by atoms with E-state index in [0.717, 1.165) is 46.9 Å². The van der Waals surface area contributed by atoms with Gasteiger partial charge in [-0.1, -0.05) is 127 Å². The maximum Gasteiger partial charge on any atom is 0.137 e. The third-order valence-electron chi connectivity index (χ3n) is 11.6. The van der Waals surface area contributed by atoms with Gasteiger partial charge in [-0.25, -0.2) is 0 Å². The van der Waals surface area contributed by atoms with Crippen molar-refractivity contribution < 1.29 is 4.42 Å². The Morgan fingerprint density at radius 2 is 1.18 bits per heavy atom. The van der Waals surface area contributed by atoms with Crippen molar-refractivity contribution in [3.8, 4) is 16.8 Å². The fourth-order valence-electron chi connectivity index (χ4n) is 8.83. The molecule has 1 aliphatic carbocycles. The minimum absolute atomic E-state index is 0.903. The Labute approximate surface area is 325 Å². The molecule has 0 aliphatic heterocycles. The molecule has 3 nitrogen and oxygen atoms in total.